The van der Waals surface area contributed by atoms with Gasteiger partial charge in [0.15, 0.2) is 0 Å². The highest BCUT2D eigenvalue weighted by atomic mass is 16.2. The number of nitrogens with one attached hydrogen (secondary N) is 2. The lowest BCUT2D eigenvalue weighted by Crippen LogP contribution is -2.30. The minimum Gasteiger partial charge on any atom is -0.361 e. The molecule has 2 aromatic carbocycles. The highest BCUT2D eigenvalue weighted by Gasteiger charge is 2.36. The third-order valence-electron chi connectivity index (χ3n) is 4.48. The first kappa shape index (κ1) is 13.9. The quantitative estimate of drug-likeness (QED) is 0.784. The number of amides is 1. The Labute approximate surface area is 136 Å². The van der Waals surface area contributed by atoms with Gasteiger partial charge in [0.05, 0.1) is 29.5 Å². The van der Waals surface area contributed by atoms with Crippen LogP contribution >= 0.6 is 0 Å². The molecule has 4 nitrogen and oxygen atoms in total. The second-order valence-corrected chi connectivity index (χ2v) is 5.90. The summed E-state index contributed by atoms with van der Waals surface area (Å²) >= 11 is 0. The van der Waals surface area contributed by atoms with Crippen LogP contribution in [-0.4, -0.2) is 27.3 Å². The Kier molecular flexibility index (Phi) is 3.15. The van der Waals surface area contributed by atoms with E-state index in [0.29, 0.717) is 12.0 Å². The van der Waals surface area contributed by atoms with Crippen LogP contribution < -0.4 is 21.0 Å². The summed E-state index contributed by atoms with van der Waals surface area (Å²) in [4.78, 5) is 14.6. The van der Waals surface area contributed by atoms with Gasteiger partial charge in [-0.05, 0) is 17.7 Å². The van der Waals surface area contributed by atoms with E-state index in [0.717, 1.165) is 28.2 Å². The van der Waals surface area contributed by atoms with Crippen LogP contribution in [0.2, 0.25) is 0 Å². The van der Waals surface area contributed by atoms with Crippen LogP contribution in [0.25, 0.3) is 0 Å². The molecule has 1 atom stereocenters. The molecule has 2 heterocycles. The first-order valence-electron chi connectivity index (χ1n) is 7.60. The van der Waals surface area contributed by atoms with E-state index in [2.05, 4.69) is 21.6 Å². The molecule has 1 unspecified atom stereocenters. The molecule has 0 saturated heterocycles. The van der Waals surface area contributed by atoms with E-state index >= 15 is 0 Å². The number of hydrogen-bond donors (Lipinski definition) is 2. The summed E-state index contributed by atoms with van der Waals surface area (Å²) in [5, 5.41) is 6.35. The largest absolute Gasteiger partial charge is 0.361 e. The predicted molar refractivity (Wildman–Crippen MR) is 93.1 cm³/mol. The number of nitrogens with zero attached hydrogens (tertiary/aromatic N) is 1. The van der Waals surface area contributed by atoms with Crippen molar-refractivity contribution >= 4 is 30.6 Å². The summed E-state index contributed by atoms with van der Waals surface area (Å²) in [7, 11) is 7.83. The minimum absolute atomic E-state index is 0.0195. The summed E-state index contributed by atoms with van der Waals surface area (Å²) < 4.78 is 0. The van der Waals surface area contributed by atoms with Crippen molar-refractivity contribution < 1.29 is 4.79 Å². The SMILES string of the molecule is [B]c1ccc(C2C3=C(CNC3=O)Nc3ccccc3N2C)cc1. The maximum absolute atomic E-state index is 12.4. The molecule has 2 radical (unpaired) electrons. The molecule has 2 aliphatic rings. The number of likely N-dealkylation sites (N-methyl/N-ethyl adjacent to an activating group) is 1. The van der Waals surface area contributed by atoms with Gasteiger partial charge >= 0.3 is 0 Å². The van der Waals surface area contributed by atoms with Gasteiger partial charge in [0, 0.05) is 12.7 Å². The summed E-state index contributed by atoms with van der Waals surface area (Å²) in [6, 6.07) is 15.7. The average Bonchev–Trinajstić information content (AvgIpc) is 2.85. The Balaban J connectivity index is 1.91. The highest BCUT2D eigenvalue weighted by Crippen LogP contribution is 2.41. The molecule has 0 spiro atoms. The molecule has 23 heavy (non-hydrogen) atoms. The fraction of sp³-hybridized carbons (Fsp3) is 0.167. The van der Waals surface area contributed by atoms with Crippen LogP contribution in [0.3, 0.4) is 0 Å². The molecular formula is C18H16BN3O. The fourth-order valence-corrected chi connectivity index (χ4v) is 3.35. The van der Waals surface area contributed by atoms with Crippen molar-refractivity contribution in [2.75, 3.05) is 23.8 Å². The number of anilines is 2. The monoisotopic (exact) mass is 301 g/mol. The van der Waals surface area contributed by atoms with Crippen molar-refractivity contribution in [1.29, 1.82) is 0 Å². The number of carbonyl (C=O) groups is 1. The third kappa shape index (κ3) is 2.20. The minimum atomic E-state index is -0.149. The highest BCUT2D eigenvalue weighted by molar-refractivity contribution is 6.32. The summed E-state index contributed by atoms with van der Waals surface area (Å²) in [5.41, 5.74) is 5.55. The zero-order chi connectivity index (χ0) is 16.0. The van der Waals surface area contributed by atoms with Crippen molar-refractivity contribution in [3.63, 3.8) is 0 Å². The third-order valence-corrected chi connectivity index (χ3v) is 4.48. The molecular weight excluding hydrogens is 285 g/mol. The van der Waals surface area contributed by atoms with Crippen molar-refractivity contribution in [2.24, 2.45) is 0 Å². The molecule has 5 heteroatoms. The van der Waals surface area contributed by atoms with Crippen molar-refractivity contribution in [3.05, 3.63) is 65.4 Å². The predicted octanol–water partition coefficient (Wildman–Crippen LogP) is 1.47. The first-order valence-corrected chi connectivity index (χ1v) is 7.60. The zero-order valence-electron chi connectivity index (χ0n) is 12.8. The van der Waals surface area contributed by atoms with E-state index in [1.165, 1.54) is 0 Å². The number of benzene rings is 2. The van der Waals surface area contributed by atoms with Gasteiger partial charge in [0.2, 0.25) is 0 Å². The molecule has 4 rings (SSSR count). The number of hydrogen-bond acceptors (Lipinski definition) is 3. The van der Waals surface area contributed by atoms with Gasteiger partial charge in [-0.1, -0.05) is 41.9 Å². The van der Waals surface area contributed by atoms with E-state index in [9.17, 15) is 4.79 Å². The zero-order valence-corrected chi connectivity index (χ0v) is 12.8. The number of rotatable bonds is 1. The molecule has 0 fully saturated rings. The van der Waals surface area contributed by atoms with Crippen LogP contribution in [0.15, 0.2) is 59.8 Å². The number of fused-ring (bicyclic) bond motifs is 1. The molecule has 0 aliphatic carbocycles. The van der Waals surface area contributed by atoms with Crippen LogP contribution in [0.1, 0.15) is 11.6 Å². The maximum Gasteiger partial charge on any atom is 0.251 e. The van der Waals surface area contributed by atoms with Gasteiger partial charge in [-0.2, -0.15) is 0 Å². The van der Waals surface area contributed by atoms with Gasteiger partial charge in [-0.3, -0.25) is 4.79 Å². The standard InChI is InChI=1S/C18H16BN3O/c1-22-15-5-3-2-4-13(15)21-14-10-20-18(23)16(14)17(22)11-6-8-12(19)9-7-11/h2-9,17,21H,10H2,1H3,(H,20,23). The van der Waals surface area contributed by atoms with E-state index in [1.807, 2.05) is 49.5 Å². The Morgan fingerprint density at radius 2 is 1.87 bits per heavy atom. The van der Waals surface area contributed by atoms with E-state index in [4.69, 9.17) is 7.85 Å². The smallest absolute Gasteiger partial charge is 0.251 e. The van der Waals surface area contributed by atoms with Gasteiger partial charge in [-0.15, -0.1) is 0 Å². The van der Waals surface area contributed by atoms with E-state index in [1.54, 1.807) is 0 Å². The second kappa shape index (κ2) is 5.20. The topological polar surface area (TPSA) is 44.4 Å². The lowest BCUT2D eigenvalue weighted by molar-refractivity contribution is -0.116. The molecule has 0 aromatic heterocycles. The fourth-order valence-electron chi connectivity index (χ4n) is 3.35. The van der Waals surface area contributed by atoms with E-state index in [-0.39, 0.29) is 11.9 Å². The number of carbonyl (C=O) groups excluding carboxylic acids is 1. The van der Waals surface area contributed by atoms with Crippen molar-refractivity contribution in [3.8, 4) is 0 Å². The first-order chi connectivity index (χ1) is 11.1. The van der Waals surface area contributed by atoms with Gasteiger partial charge in [0.1, 0.15) is 7.85 Å². The van der Waals surface area contributed by atoms with Crippen LogP contribution in [0.5, 0.6) is 0 Å². The molecule has 1 amide bonds. The van der Waals surface area contributed by atoms with Crippen molar-refractivity contribution in [2.45, 2.75) is 6.04 Å². The van der Waals surface area contributed by atoms with Crippen molar-refractivity contribution in [1.82, 2.24) is 5.32 Å². The Morgan fingerprint density at radius 1 is 1.13 bits per heavy atom. The Hall–Kier alpha value is -2.69. The lowest BCUT2D eigenvalue weighted by Gasteiger charge is -2.30. The normalized spacial score (nSPS) is 19.6. The van der Waals surface area contributed by atoms with Gasteiger partial charge in [0.25, 0.3) is 5.91 Å². The second-order valence-electron chi connectivity index (χ2n) is 5.90. The van der Waals surface area contributed by atoms with Crippen LogP contribution in [-0.2, 0) is 4.79 Å². The number of para-hydroxylation sites is 2. The van der Waals surface area contributed by atoms with Gasteiger partial charge < -0.3 is 15.5 Å². The maximum atomic E-state index is 12.4. The molecule has 112 valence electrons. The average molecular weight is 301 g/mol. The Morgan fingerprint density at radius 3 is 2.65 bits per heavy atom. The summed E-state index contributed by atoms with van der Waals surface area (Å²) in [6.07, 6.45) is 0. The molecule has 0 bridgehead atoms. The lowest BCUT2D eigenvalue weighted by atomic mass is 9.91. The van der Waals surface area contributed by atoms with Crippen LogP contribution in [0.4, 0.5) is 11.4 Å². The van der Waals surface area contributed by atoms with E-state index < -0.39 is 0 Å². The Bertz CT molecular complexity index is 813. The van der Waals surface area contributed by atoms with Crippen LogP contribution in [0, 0.1) is 0 Å². The summed E-state index contributed by atoms with van der Waals surface area (Å²) in [6.45, 7) is 0.530. The summed E-state index contributed by atoms with van der Waals surface area (Å²) in [5.74, 6) is -0.0195. The molecule has 2 N–H and O–H groups in total. The van der Waals surface area contributed by atoms with Gasteiger partial charge in [-0.25, -0.2) is 0 Å². The molecule has 2 aliphatic heterocycles. The molecule has 0 saturated carbocycles. The molecule has 2 aromatic rings.